The molecule has 8 heteroatoms. The molecule has 0 bridgehead atoms. The van der Waals surface area contributed by atoms with Gasteiger partial charge in [0.25, 0.3) is 5.91 Å². The molecule has 1 aliphatic carbocycles. The Morgan fingerprint density at radius 3 is 2.50 bits per heavy atom. The van der Waals surface area contributed by atoms with Gasteiger partial charge in [-0.3, -0.25) is 4.79 Å². The lowest BCUT2D eigenvalue weighted by Crippen LogP contribution is -2.42. The molecule has 0 radical (unpaired) electrons. The van der Waals surface area contributed by atoms with E-state index < -0.39 is 23.7 Å². The van der Waals surface area contributed by atoms with Gasteiger partial charge in [0.05, 0.1) is 5.56 Å². The molecular weight excluding hydrogens is 413 g/mol. The summed E-state index contributed by atoms with van der Waals surface area (Å²) in [7, 11) is 0. The van der Waals surface area contributed by atoms with E-state index in [0.29, 0.717) is 22.9 Å². The molecule has 166 valence electrons. The maximum Gasteiger partial charge on any atom is 0.326 e. The van der Waals surface area contributed by atoms with Crippen LogP contribution in [0.5, 0.6) is 0 Å². The number of carboxylic acids is 1. The number of halogens is 1. The second-order valence-electron chi connectivity index (χ2n) is 8.39. The smallest absolute Gasteiger partial charge is 0.326 e. The maximum atomic E-state index is 14.7. The van der Waals surface area contributed by atoms with E-state index in [-0.39, 0.29) is 23.7 Å². The van der Waals surface area contributed by atoms with Crippen LogP contribution in [0.15, 0.2) is 47.0 Å². The van der Waals surface area contributed by atoms with Gasteiger partial charge >= 0.3 is 5.97 Å². The molecule has 2 N–H and O–H groups in total. The van der Waals surface area contributed by atoms with E-state index >= 15 is 0 Å². The summed E-state index contributed by atoms with van der Waals surface area (Å²) in [5.41, 5.74) is 2.06. The monoisotopic (exact) mass is 437 g/mol. The molecule has 1 fully saturated rings. The van der Waals surface area contributed by atoms with Gasteiger partial charge in [-0.15, -0.1) is 0 Å². The molecule has 1 amide bonds. The molecule has 3 aromatic rings. The van der Waals surface area contributed by atoms with E-state index in [1.807, 2.05) is 26.0 Å². The first-order valence-electron chi connectivity index (χ1n) is 10.6. The van der Waals surface area contributed by atoms with Crippen molar-refractivity contribution in [2.45, 2.75) is 51.0 Å². The molecule has 4 rings (SSSR count). The average molecular weight is 437 g/mol. The first-order chi connectivity index (χ1) is 15.3. The average Bonchev–Trinajstić information content (AvgIpc) is 3.50. The summed E-state index contributed by atoms with van der Waals surface area (Å²) in [5, 5.41) is 15.9. The van der Waals surface area contributed by atoms with E-state index in [0.717, 1.165) is 18.4 Å². The lowest BCUT2D eigenvalue weighted by atomic mass is 10.0. The van der Waals surface area contributed by atoms with Gasteiger partial charge < -0.3 is 14.9 Å². The standard InChI is InChI=1S/C24H24FN3O4/c1-13(2)15-4-6-16(7-5-15)22(29)26-20(24(30)31)12-14-3-10-18(19(25)11-14)21-27-23(32-28-21)17-8-9-17/h3-7,10-11,13,17,20H,8-9,12H2,1-2H3,(H,26,29)(H,30,31)/t20-/m1/s1. The van der Waals surface area contributed by atoms with Gasteiger partial charge in [-0.05, 0) is 54.2 Å². The predicted octanol–water partition coefficient (Wildman–Crippen LogP) is 4.30. The van der Waals surface area contributed by atoms with Crippen LogP contribution >= 0.6 is 0 Å². The number of amides is 1. The van der Waals surface area contributed by atoms with Crippen molar-refractivity contribution in [3.8, 4) is 11.4 Å². The predicted molar refractivity (Wildman–Crippen MR) is 115 cm³/mol. The van der Waals surface area contributed by atoms with Crippen molar-refractivity contribution in [3.63, 3.8) is 0 Å². The largest absolute Gasteiger partial charge is 0.480 e. The number of nitrogens with one attached hydrogen (secondary N) is 1. The van der Waals surface area contributed by atoms with Crippen LogP contribution < -0.4 is 5.32 Å². The van der Waals surface area contributed by atoms with Gasteiger partial charge in [0.15, 0.2) is 0 Å². The van der Waals surface area contributed by atoms with E-state index in [1.165, 1.54) is 12.1 Å². The van der Waals surface area contributed by atoms with E-state index in [9.17, 15) is 19.1 Å². The Morgan fingerprint density at radius 2 is 1.91 bits per heavy atom. The number of hydrogen-bond acceptors (Lipinski definition) is 5. The Labute approximate surface area is 184 Å². The SMILES string of the molecule is CC(C)c1ccc(C(=O)N[C@H](Cc2ccc(-c3noc(C4CC4)n3)c(F)c2)C(=O)O)cc1. The van der Waals surface area contributed by atoms with Gasteiger partial charge in [-0.25, -0.2) is 9.18 Å². The van der Waals surface area contributed by atoms with Crippen molar-refractivity contribution in [1.82, 2.24) is 15.5 Å². The molecule has 7 nitrogen and oxygen atoms in total. The lowest BCUT2D eigenvalue weighted by Gasteiger charge is -2.15. The molecule has 1 saturated carbocycles. The van der Waals surface area contributed by atoms with Gasteiger partial charge in [0.2, 0.25) is 11.7 Å². The van der Waals surface area contributed by atoms with Crippen LogP contribution in [-0.4, -0.2) is 33.2 Å². The molecule has 1 aromatic heterocycles. The number of aliphatic carboxylic acids is 1. The van der Waals surface area contributed by atoms with Crippen LogP contribution in [0.25, 0.3) is 11.4 Å². The highest BCUT2D eigenvalue weighted by Crippen LogP contribution is 2.39. The minimum atomic E-state index is -1.20. The van der Waals surface area contributed by atoms with Gasteiger partial charge in [-0.1, -0.05) is 37.2 Å². The fourth-order valence-corrected chi connectivity index (χ4v) is 3.40. The highest BCUT2D eigenvalue weighted by atomic mass is 19.1. The highest BCUT2D eigenvalue weighted by Gasteiger charge is 2.30. The number of carboxylic acid groups (broad SMARTS) is 1. The van der Waals surface area contributed by atoms with Crippen LogP contribution in [0.3, 0.4) is 0 Å². The van der Waals surface area contributed by atoms with Gasteiger partial charge in [0.1, 0.15) is 11.9 Å². The van der Waals surface area contributed by atoms with Crippen LogP contribution in [0.4, 0.5) is 4.39 Å². The van der Waals surface area contributed by atoms with Crippen LogP contribution in [0.2, 0.25) is 0 Å². The Bertz CT molecular complexity index is 1140. The third-order valence-corrected chi connectivity index (χ3v) is 5.53. The van der Waals surface area contributed by atoms with Crippen molar-refractivity contribution in [2.75, 3.05) is 0 Å². The number of rotatable bonds is 8. The minimum Gasteiger partial charge on any atom is -0.480 e. The molecule has 0 spiro atoms. The minimum absolute atomic E-state index is 0.0675. The second kappa shape index (κ2) is 8.90. The van der Waals surface area contributed by atoms with Crippen molar-refractivity contribution >= 4 is 11.9 Å². The number of hydrogen-bond donors (Lipinski definition) is 2. The Hall–Kier alpha value is -3.55. The molecule has 1 heterocycles. The fraction of sp³-hybridized carbons (Fsp3) is 0.333. The molecule has 1 aliphatic rings. The zero-order valence-electron chi connectivity index (χ0n) is 17.8. The molecule has 32 heavy (non-hydrogen) atoms. The fourth-order valence-electron chi connectivity index (χ4n) is 3.40. The molecular formula is C24H24FN3O4. The van der Waals surface area contributed by atoms with Gasteiger partial charge in [-0.2, -0.15) is 4.98 Å². The van der Waals surface area contributed by atoms with Crippen molar-refractivity contribution < 1.29 is 23.6 Å². The number of carbonyl (C=O) groups is 2. The van der Waals surface area contributed by atoms with E-state index in [1.54, 1.807) is 18.2 Å². The molecule has 0 unspecified atom stereocenters. The van der Waals surface area contributed by atoms with Crippen LogP contribution in [0.1, 0.15) is 65.9 Å². The normalized spacial score (nSPS) is 14.4. The third kappa shape index (κ3) is 4.85. The first kappa shape index (κ1) is 21.7. The molecule has 1 atom stereocenters. The Balaban J connectivity index is 1.45. The van der Waals surface area contributed by atoms with Crippen molar-refractivity contribution in [2.24, 2.45) is 0 Å². The topological polar surface area (TPSA) is 105 Å². The van der Waals surface area contributed by atoms with E-state index in [2.05, 4.69) is 15.5 Å². The molecule has 2 aromatic carbocycles. The zero-order valence-corrected chi connectivity index (χ0v) is 17.8. The summed E-state index contributed by atoms with van der Waals surface area (Å²) in [6, 6.07) is 10.2. The Morgan fingerprint density at radius 1 is 1.19 bits per heavy atom. The Kier molecular flexibility index (Phi) is 6.03. The number of carbonyl (C=O) groups excluding carboxylic acids is 1. The molecule has 0 saturated heterocycles. The quantitative estimate of drug-likeness (QED) is 0.544. The lowest BCUT2D eigenvalue weighted by molar-refractivity contribution is -0.139. The van der Waals surface area contributed by atoms with E-state index in [4.69, 9.17) is 4.52 Å². The number of nitrogens with zero attached hydrogens (tertiary/aromatic N) is 2. The second-order valence-corrected chi connectivity index (χ2v) is 8.39. The highest BCUT2D eigenvalue weighted by molar-refractivity contribution is 5.96. The first-order valence-corrected chi connectivity index (χ1v) is 10.6. The van der Waals surface area contributed by atoms with Gasteiger partial charge in [0, 0.05) is 17.9 Å². The summed E-state index contributed by atoms with van der Waals surface area (Å²) in [6.07, 6.45) is 1.92. The number of benzene rings is 2. The summed E-state index contributed by atoms with van der Waals surface area (Å²) in [5.74, 6) is -1.00. The summed E-state index contributed by atoms with van der Waals surface area (Å²) in [6.45, 7) is 4.09. The zero-order chi connectivity index (χ0) is 22.8. The summed E-state index contributed by atoms with van der Waals surface area (Å²) in [4.78, 5) is 28.5. The van der Waals surface area contributed by atoms with Crippen LogP contribution in [-0.2, 0) is 11.2 Å². The summed E-state index contributed by atoms with van der Waals surface area (Å²) >= 11 is 0. The third-order valence-electron chi connectivity index (χ3n) is 5.53. The summed E-state index contributed by atoms with van der Waals surface area (Å²) < 4.78 is 19.9. The van der Waals surface area contributed by atoms with Crippen molar-refractivity contribution in [1.29, 1.82) is 0 Å². The maximum absolute atomic E-state index is 14.7. The molecule has 0 aliphatic heterocycles. The van der Waals surface area contributed by atoms with Crippen molar-refractivity contribution in [3.05, 3.63) is 70.9 Å². The number of aromatic nitrogens is 2. The van der Waals surface area contributed by atoms with Crippen LogP contribution in [0, 0.1) is 5.82 Å².